The van der Waals surface area contributed by atoms with E-state index in [0.717, 1.165) is 11.3 Å². The second-order valence-electron chi connectivity index (χ2n) is 9.88. The van der Waals surface area contributed by atoms with E-state index in [0.29, 0.717) is 12.0 Å². The highest BCUT2D eigenvalue weighted by Crippen LogP contribution is 2.54. The van der Waals surface area contributed by atoms with Crippen LogP contribution in [0, 0.1) is 11.8 Å². The van der Waals surface area contributed by atoms with Crippen LogP contribution < -0.4 is 5.32 Å². The number of hydrogen-bond donors (Lipinski definition) is 1. The molecular weight excluding hydrogens is 414 g/mol. The van der Waals surface area contributed by atoms with Crippen molar-refractivity contribution in [1.82, 2.24) is 14.9 Å². The van der Waals surface area contributed by atoms with E-state index < -0.39 is 0 Å². The van der Waals surface area contributed by atoms with Gasteiger partial charge in [0.1, 0.15) is 5.82 Å². The minimum Gasteiger partial charge on any atom is -0.385 e. The topological polar surface area (TPSA) is 29.9 Å². The van der Waals surface area contributed by atoms with Crippen molar-refractivity contribution in [3.05, 3.63) is 114 Å². The van der Waals surface area contributed by atoms with Crippen molar-refractivity contribution in [1.29, 1.82) is 0 Å². The van der Waals surface area contributed by atoms with Gasteiger partial charge in [-0.25, -0.2) is 4.98 Å². The minimum absolute atomic E-state index is 0.252. The van der Waals surface area contributed by atoms with Crippen LogP contribution in [-0.4, -0.2) is 15.6 Å². The van der Waals surface area contributed by atoms with E-state index in [1.807, 2.05) is 0 Å². The highest BCUT2D eigenvalue weighted by molar-refractivity contribution is 5.88. The second-order valence-corrected chi connectivity index (χ2v) is 9.88. The average molecular weight is 442 g/mol. The van der Waals surface area contributed by atoms with Crippen LogP contribution >= 0.6 is 0 Å². The Morgan fingerprint density at radius 2 is 1.74 bits per heavy atom. The monoisotopic (exact) mass is 441 g/mol. The lowest BCUT2D eigenvalue weighted by Crippen LogP contribution is -2.44. The molecule has 0 saturated carbocycles. The lowest BCUT2D eigenvalue weighted by Gasteiger charge is -2.44. The molecule has 0 saturated heterocycles. The fraction of sp³-hybridized carbons (Fsp3) is 0.194. The van der Waals surface area contributed by atoms with Gasteiger partial charge in [-0.3, -0.25) is 0 Å². The van der Waals surface area contributed by atoms with Crippen molar-refractivity contribution in [3.8, 4) is 22.5 Å². The zero-order valence-electron chi connectivity index (χ0n) is 19.4. The van der Waals surface area contributed by atoms with E-state index in [9.17, 15) is 0 Å². The maximum atomic E-state index is 5.17. The summed E-state index contributed by atoms with van der Waals surface area (Å²) in [6, 6.07) is 26.5. The molecule has 7 rings (SSSR count). The third-order valence-electron chi connectivity index (χ3n) is 8.12. The highest BCUT2D eigenvalue weighted by atomic mass is 15.2. The molecule has 3 nitrogen and oxygen atoms in total. The zero-order valence-corrected chi connectivity index (χ0v) is 19.4. The first-order valence-electron chi connectivity index (χ1n) is 12.2. The fourth-order valence-corrected chi connectivity index (χ4v) is 6.43. The van der Waals surface area contributed by atoms with Crippen molar-refractivity contribution in [2.45, 2.75) is 25.4 Å². The summed E-state index contributed by atoms with van der Waals surface area (Å²) in [4.78, 5) is 5.17. The molecule has 166 valence electrons. The van der Waals surface area contributed by atoms with Gasteiger partial charge in [0, 0.05) is 23.4 Å². The first-order chi connectivity index (χ1) is 16.7. The molecule has 0 amide bonds. The maximum absolute atomic E-state index is 5.17. The summed E-state index contributed by atoms with van der Waals surface area (Å²) in [7, 11) is 0. The predicted octanol–water partition coefficient (Wildman–Crippen LogP) is 6.68. The van der Waals surface area contributed by atoms with E-state index in [1.165, 1.54) is 33.3 Å². The Morgan fingerprint density at radius 3 is 2.62 bits per heavy atom. The number of nitrogens with zero attached hydrogens (tertiary/aromatic N) is 2. The number of rotatable bonds is 2. The van der Waals surface area contributed by atoms with Gasteiger partial charge in [-0.2, -0.15) is 0 Å². The largest absolute Gasteiger partial charge is 0.385 e. The maximum Gasteiger partial charge on any atom is 0.142 e. The van der Waals surface area contributed by atoms with Gasteiger partial charge in [0.15, 0.2) is 0 Å². The Kier molecular flexibility index (Phi) is 4.08. The SMILES string of the molecule is CC1NC=CC2C1=CC=CC2C1(C)c2ccccc2-c2nc3ccc(-c4ccccc4)cc3n21. The summed E-state index contributed by atoms with van der Waals surface area (Å²) in [5.74, 6) is 1.71. The molecule has 0 bridgehead atoms. The number of fused-ring (bicyclic) bond motifs is 6. The molecule has 3 heterocycles. The smallest absolute Gasteiger partial charge is 0.142 e. The highest BCUT2D eigenvalue weighted by Gasteiger charge is 2.49. The standard InChI is InChI=1S/C31H27N3/c1-20-23-12-8-14-26(24(23)17-18-32-20)31(2)27-13-7-6-11-25(27)30-33-28-16-15-22(19-29(28)34(30)31)21-9-4-3-5-10-21/h3-20,24,26,32H,1-2H3. The van der Waals surface area contributed by atoms with Gasteiger partial charge in [0.25, 0.3) is 0 Å². The second kappa shape index (κ2) is 7.07. The first kappa shape index (κ1) is 19.6. The fourth-order valence-electron chi connectivity index (χ4n) is 6.43. The summed E-state index contributed by atoms with van der Waals surface area (Å²) in [6.45, 7) is 4.67. The van der Waals surface area contributed by atoms with E-state index in [1.54, 1.807) is 0 Å². The van der Waals surface area contributed by atoms with Crippen LogP contribution in [0.5, 0.6) is 0 Å². The van der Waals surface area contributed by atoms with Crippen molar-refractivity contribution in [3.63, 3.8) is 0 Å². The number of nitrogens with one attached hydrogen (secondary N) is 1. The number of aromatic nitrogens is 2. The summed E-state index contributed by atoms with van der Waals surface area (Å²) in [5.41, 5.74) is 8.53. The molecule has 34 heavy (non-hydrogen) atoms. The van der Waals surface area contributed by atoms with Gasteiger partial charge >= 0.3 is 0 Å². The van der Waals surface area contributed by atoms with E-state index in [4.69, 9.17) is 4.98 Å². The van der Waals surface area contributed by atoms with E-state index in [-0.39, 0.29) is 11.5 Å². The molecule has 2 aliphatic heterocycles. The Labute approximate surface area is 200 Å². The number of hydrogen-bond acceptors (Lipinski definition) is 2. The van der Waals surface area contributed by atoms with E-state index >= 15 is 0 Å². The van der Waals surface area contributed by atoms with Crippen molar-refractivity contribution >= 4 is 11.0 Å². The lowest BCUT2D eigenvalue weighted by atomic mass is 9.67. The van der Waals surface area contributed by atoms with Crippen LogP contribution in [0.4, 0.5) is 0 Å². The molecule has 4 atom stereocenters. The molecule has 0 spiro atoms. The molecule has 0 fully saturated rings. The molecule has 3 heteroatoms. The van der Waals surface area contributed by atoms with Gasteiger partial charge in [0.05, 0.1) is 16.6 Å². The molecule has 1 aromatic heterocycles. The van der Waals surface area contributed by atoms with Crippen LogP contribution in [0.1, 0.15) is 19.4 Å². The summed E-state index contributed by atoms with van der Waals surface area (Å²) in [5, 5.41) is 3.49. The molecule has 3 aromatic carbocycles. The molecule has 1 aliphatic carbocycles. The minimum atomic E-state index is -0.252. The first-order valence-corrected chi connectivity index (χ1v) is 12.2. The summed E-state index contributed by atoms with van der Waals surface area (Å²) < 4.78 is 2.53. The van der Waals surface area contributed by atoms with Crippen molar-refractivity contribution in [2.24, 2.45) is 11.8 Å². The van der Waals surface area contributed by atoms with Gasteiger partial charge in [-0.15, -0.1) is 0 Å². The average Bonchev–Trinajstić information content (AvgIpc) is 3.39. The Hall–Kier alpha value is -3.85. The predicted molar refractivity (Wildman–Crippen MR) is 139 cm³/mol. The van der Waals surface area contributed by atoms with Crippen LogP contribution in [0.3, 0.4) is 0 Å². The third-order valence-corrected chi connectivity index (χ3v) is 8.12. The van der Waals surface area contributed by atoms with Gasteiger partial charge in [-0.05, 0) is 54.4 Å². The number of benzene rings is 3. The third kappa shape index (κ3) is 2.55. The molecule has 4 aromatic rings. The van der Waals surface area contributed by atoms with Gasteiger partial charge in [0.2, 0.25) is 0 Å². The Balaban J connectivity index is 1.49. The summed E-state index contributed by atoms with van der Waals surface area (Å²) >= 11 is 0. The lowest BCUT2D eigenvalue weighted by molar-refractivity contribution is 0.262. The van der Waals surface area contributed by atoms with Crippen molar-refractivity contribution in [2.75, 3.05) is 0 Å². The molecule has 3 aliphatic rings. The Morgan fingerprint density at radius 1 is 0.912 bits per heavy atom. The van der Waals surface area contributed by atoms with Crippen molar-refractivity contribution < 1.29 is 0 Å². The van der Waals surface area contributed by atoms with E-state index in [2.05, 4.69) is 127 Å². The summed E-state index contributed by atoms with van der Waals surface area (Å²) in [6.07, 6.45) is 11.5. The van der Waals surface area contributed by atoms with Crippen LogP contribution in [-0.2, 0) is 5.54 Å². The normalized spacial score (nSPS) is 26.5. The molecule has 1 N–H and O–H groups in total. The number of allylic oxidation sites excluding steroid dienone is 4. The quantitative estimate of drug-likeness (QED) is 0.376. The van der Waals surface area contributed by atoms with Gasteiger partial charge in [-0.1, -0.05) is 85.0 Å². The van der Waals surface area contributed by atoms with Gasteiger partial charge < -0.3 is 9.88 Å². The molecular formula is C31H27N3. The van der Waals surface area contributed by atoms with Crippen LogP contribution in [0.25, 0.3) is 33.5 Å². The van der Waals surface area contributed by atoms with Crippen LogP contribution in [0.15, 0.2) is 109 Å². The zero-order chi connectivity index (χ0) is 22.9. The molecule has 4 unspecified atom stereocenters. The number of imidazole rings is 1. The Bertz CT molecular complexity index is 1520. The molecule has 0 radical (unpaired) electrons. The van der Waals surface area contributed by atoms with Crippen LogP contribution in [0.2, 0.25) is 0 Å².